The fourth-order valence-corrected chi connectivity index (χ4v) is 2.05. The molecule has 0 aliphatic heterocycles. The number of aromatic nitrogens is 1. The lowest BCUT2D eigenvalue weighted by molar-refractivity contribution is -0.597. The largest absolute Gasteiger partial charge is 0.872 e. The van der Waals surface area contributed by atoms with E-state index in [1.165, 1.54) is 35.2 Å². The highest BCUT2D eigenvalue weighted by molar-refractivity contribution is 5.92. The van der Waals surface area contributed by atoms with Gasteiger partial charge in [-0.25, -0.2) is 0 Å². The van der Waals surface area contributed by atoms with Gasteiger partial charge in [0.15, 0.2) is 18.7 Å². The van der Waals surface area contributed by atoms with E-state index in [4.69, 9.17) is 10.2 Å². The topological polar surface area (TPSA) is 100 Å². The first-order valence-electron chi connectivity index (χ1n) is 6.10. The van der Waals surface area contributed by atoms with Gasteiger partial charge in [0.05, 0.1) is 5.39 Å². The number of carbonyl (C=O) groups is 1. The Labute approximate surface area is 118 Å². The lowest BCUT2D eigenvalue weighted by Crippen LogP contribution is -2.37. The van der Waals surface area contributed by atoms with Crippen LogP contribution in [0.1, 0.15) is 10.4 Å². The number of hydrogen-bond donors (Lipinski definition) is 1. The van der Waals surface area contributed by atoms with E-state index in [1.54, 1.807) is 18.3 Å². The van der Waals surface area contributed by atoms with Crippen LogP contribution in [0.3, 0.4) is 0 Å². The number of rotatable bonds is 2. The first kappa shape index (κ1) is 12.9. The van der Waals surface area contributed by atoms with Gasteiger partial charge in [0.2, 0.25) is 0 Å². The highest BCUT2D eigenvalue weighted by Gasteiger charge is 2.17. The molecule has 0 aliphatic rings. The van der Waals surface area contributed by atoms with Crippen molar-refractivity contribution in [2.75, 3.05) is 0 Å². The van der Waals surface area contributed by atoms with Crippen LogP contribution >= 0.6 is 0 Å². The summed E-state index contributed by atoms with van der Waals surface area (Å²) in [5.41, 5.74) is 5.64. The summed E-state index contributed by atoms with van der Waals surface area (Å²) < 4.78 is 6.78. The smallest absolute Gasteiger partial charge is 0.294 e. The number of pyridine rings is 1. The zero-order chi connectivity index (χ0) is 15.0. The molecule has 0 atom stereocenters. The van der Waals surface area contributed by atoms with Crippen LogP contribution in [0.15, 0.2) is 58.2 Å². The van der Waals surface area contributed by atoms with E-state index in [9.17, 15) is 14.7 Å². The van der Waals surface area contributed by atoms with Crippen molar-refractivity contribution in [3.05, 3.63) is 64.8 Å². The zero-order valence-corrected chi connectivity index (χ0v) is 10.8. The van der Waals surface area contributed by atoms with Crippen molar-refractivity contribution in [2.45, 2.75) is 0 Å². The Morgan fingerprint density at radius 1 is 1.29 bits per heavy atom. The molecule has 3 aromatic rings. The molecule has 0 aliphatic carbocycles. The maximum atomic E-state index is 12.4. The van der Waals surface area contributed by atoms with Gasteiger partial charge in [-0.1, -0.05) is 6.07 Å². The molecule has 0 saturated carbocycles. The van der Waals surface area contributed by atoms with Crippen molar-refractivity contribution in [1.29, 1.82) is 0 Å². The molecule has 1 amide bonds. The lowest BCUT2D eigenvalue weighted by atomic mass is 10.2. The lowest BCUT2D eigenvalue weighted by Gasteiger charge is -2.05. The molecule has 3 rings (SSSR count). The SMILES string of the molecule is NC(=O)c1ccc[n+](-c2coc3cc([O-])ccc3c2=O)c1. The molecule has 0 fully saturated rings. The molecule has 104 valence electrons. The third kappa shape index (κ3) is 2.23. The van der Waals surface area contributed by atoms with E-state index in [2.05, 4.69) is 0 Å². The summed E-state index contributed by atoms with van der Waals surface area (Å²) in [4.78, 5) is 23.6. The minimum Gasteiger partial charge on any atom is -0.872 e. The molecule has 0 spiro atoms. The predicted molar refractivity (Wildman–Crippen MR) is 72.0 cm³/mol. The van der Waals surface area contributed by atoms with Crippen LogP contribution in [0.5, 0.6) is 5.75 Å². The molecule has 2 N–H and O–H groups in total. The Morgan fingerprint density at radius 3 is 2.86 bits per heavy atom. The van der Waals surface area contributed by atoms with Crippen LogP contribution in [0.25, 0.3) is 16.7 Å². The summed E-state index contributed by atoms with van der Waals surface area (Å²) in [6, 6.07) is 7.12. The number of benzene rings is 1. The Morgan fingerprint density at radius 2 is 2.10 bits per heavy atom. The average Bonchev–Trinajstić information content (AvgIpc) is 2.47. The number of primary amides is 1. The van der Waals surface area contributed by atoms with E-state index in [-0.39, 0.29) is 28.0 Å². The molecule has 0 bridgehead atoms. The van der Waals surface area contributed by atoms with Crippen LogP contribution < -0.4 is 20.8 Å². The van der Waals surface area contributed by atoms with Crippen molar-refractivity contribution < 1.29 is 18.9 Å². The predicted octanol–water partition coefficient (Wildman–Crippen LogP) is 0.242. The third-order valence-corrected chi connectivity index (χ3v) is 3.09. The number of nitrogens with zero attached hydrogens (tertiary/aromatic N) is 1. The quantitative estimate of drug-likeness (QED) is 0.680. The second-order valence-corrected chi connectivity index (χ2v) is 4.47. The van der Waals surface area contributed by atoms with Gasteiger partial charge in [-0.15, -0.1) is 5.75 Å². The van der Waals surface area contributed by atoms with Crippen molar-refractivity contribution >= 4 is 16.9 Å². The van der Waals surface area contributed by atoms with Crippen molar-refractivity contribution in [1.82, 2.24) is 0 Å². The molecule has 21 heavy (non-hydrogen) atoms. The molecule has 2 aromatic heterocycles. The fraction of sp³-hybridized carbons (Fsp3) is 0. The van der Waals surface area contributed by atoms with E-state index in [0.717, 1.165) is 0 Å². The summed E-state index contributed by atoms with van der Waals surface area (Å²) in [7, 11) is 0. The zero-order valence-electron chi connectivity index (χ0n) is 10.8. The average molecular weight is 282 g/mol. The first-order valence-corrected chi connectivity index (χ1v) is 6.10. The number of carbonyl (C=O) groups excluding carboxylic acids is 1. The Kier molecular flexibility index (Phi) is 2.91. The molecule has 2 heterocycles. The van der Waals surface area contributed by atoms with Gasteiger partial charge in [-0.3, -0.25) is 9.59 Å². The van der Waals surface area contributed by atoms with Crippen molar-refractivity contribution in [3.8, 4) is 11.4 Å². The number of fused-ring (bicyclic) bond motifs is 1. The standard InChI is InChI=1S/C15H10N2O4/c16-15(20)9-2-1-5-17(7-9)12-8-21-13-6-10(18)3-4-11(13)14(12)19/h1-8H,(H2-,16,18,19,20). The van der Waals surface area contributed by atoms with Crippen LogP contribution in [-0.2, 0) is 0 Å². The van der Waals surface area contributed by atoms with E-state index in [1.807, 2.05) is 0 Å². The Hall–Kier alpha value is -3.15. The molecule has 0 unspecified atom stereocenters. The molecule has 6 nitrogen and oxygen atoms in total. The summed E-state index contributed by atoms with van der Waals surface area (Å²) in [5, 5.41) is 11.5. The van der Waals surface area contributed by atoms with Gasteiger partial charge >= 0.3 is 0 Å². The number of amides is 1. The molecule has 0 saturated heterocycles. The van der Waals surface area contributed by atoms with Gasteiger partial charge in [0.25, 0.3) is 17.0 Å². The Balaban J connectivity index is 2.24. The van der Waals surface area contributed by atoms with Gasteiger partial charge in [0.1, 0.15) is 11.1 Å². The van der Waals surface area contributed by atoms with E-state index in [0.29, 0.717) is 5.39 Å². The highest BCUT2D eigenvalue weighted by atomic mass is 16.3. The second-order valence-electron chi connectivity index (χ2n) is 4.47. The summed E-state index contributed by atoms with van der Waals surface area (Å²) in [6.07, 6.45) is 4.30. The second kappa shape index (κ2) is 4.75. The van der Waals surface area contributed by atoms with Gasteiger partial charge in [-0.2, -0.15) is 4.57 Å². The minimum atomic E-state index is -0.592. The van der Waals surface area contributed by atoms with E-state index < -0.39 is 5.91 Å². The van der Waals surface area contributed by atoms with Crippen LogP contribution in [0, 0.1) is 0 Å². The first-order chi connectivity index (χ1) is 10.1. The monoisotopic (exact) mass is 282 g/mol. The van der Waals surface area contributed by atoms with Crippen LogP contribution in [-0.4, -0.2) is 5.91 Å². The normalized spacial score (nSPS) is 10.7. The summed E-state index contributed by atoms with van der Waals surface area (Å²) >= 11 is 0. The molecular formula is C15H10N2O4. The minimum absolute atomic E-state index is 0.225. The van der Waals surface area contributed by atoms with E-state index >= 15 is 0 Å². The van der Waals surface area contributed by atoms with Gasteiger partial charge in [-0.05, 0) is 18.2 Å². The number of nitrogens with two attached hydrogens (primary N) is 1. The highest BCUT2D eigenvalue weighted by Crippen LogP contribution is 2.15. The molecule has 0 radical (unpaired) electrons. The van der Waals surface area contributed by atoms with Crippen LogP contribution in [0.2, 0.25) is 0 Å². The molecule has 1 aromatic carbocycles. The van der Waals surface area contributed by atoms with Gasteiger partial charge < -0.3 is 15.3 Å². The molecular weight excluding hydrogens is 272 g/mol. The third-order valence-electron chi connectivity index (χ3n) is 3.09. The van der Waals surface area contributed by atoms with Gasteiger partial charge in [0, 0.05) is 6.07 Å². The summed E-state index contributed by atoms with van der Waals surface area (Å²) in [6.45, 7) is 0. The fourth-order valence-electron chi connectivity index (χ4n) is 2.05. The molecule has 6 heteroatoms. The van der Waals surface area contributed by atoms with Crippen molar-refractivity contribution in [3.63, 3.8) is 0 Å². The number of hydrogen-bond acceptors (Lipinski definition) is 4. The Bertz CT molecular complexity index is 915. The summed E-state index contributed by atoms with van der Waals surface area (Å²) in [5.74, 6) is -0.827. The maximum Gasteiger partial charge on any atom is 0.294 e. The van der Waals surface area contributed by atoms with Crippen LogP contribution in [0.4, 0.5) is 0 Å². The maximum absolute atomic E-state index is 12.4. The van der Waals surface area contributed by atoms with Crippen molar-refractivity contribution in [2.24, 2.45) is 5.73 Å².